The highest BCUT2D eigenvalue weighted by molar-refractivity contribution is 5.94. The maximum absolute atomic E-state index is 12.8. The van der Waals surface area contributed by atoms with E-state index in [1.165, 1.54) is 24.3 Å². The van der Waals surface area contributed by atoms with Gasteiger partial charge in [-0.05, 0) is 43.3 Å². The van der Waals surface area contributed by atoms with E-state index in [1.54, 1.807) is 17.5 Å². The number of carbonyl (C=O) groups excluding carboxylic acids is 2. The number of hydrogen-bond acceptors (Lipinski definition) is 4. The molecule has 3 N–H and O–H groups in total. The Bertz CT molecular complexity index is 924. The van der Waals surface area contributed by atoms with E-state index in [4.69, 9.17) is 0 Å². The van der Waals surface area contributed by atoms with Gasteiger partial charge >= 0.3 is 6.03 Å². The second-order valence-corrected chi connectivity index (χ2v) is 5.59. The van der Waals surface area contributed by atoms with Crippen LogP contribution in [-0.4, -0.2) is 33.1 Å². The third-order valence-electron chi connectivity index (χ3n) is 3.61. The second-order valence-electron chi connectivity index (χ2n) is 5.59. The van der Waals surface area contributed by atoms with Crippen molar-refractivity contribution < 1.29 is 14.0 Å². The highest BCUT2D eigenvalue weighted by atomic mass is 19.1. The van der Waals surface area contributed by atoms with E-state index in [0.717, 1.165) is 0 Å². The maximum Gasteiger partial charge on any atom is 0.315 e. The van der Waals surface area contributed by atoms with Crippen molar-refractivity contribution in [1.82, 2.24) is 25.2 Å². The first-order valence-electron chi connectivity index (χ1n) is 7.92. The van der Waals surface area contributed by atoms with Crippen LogP contribution in [0.1, 0.15) is 18.8 Å². The average Bonchev–Trinajstić information content (AvgIpc) is 3.06. The van der Waals surface area contributed by atoms with Gasteiger partial charge in [-0.2, -0.15) is 0 Å². The molecule has 26 heavy (non-hydrogen) atoms. The monoisotopic (exact) mass is 356 g/mol. The van der Waals surface area contributed by atoms with Crippen molar-refractivity contribution in [2.45, 2.75) is 13.0 Å². The number of pyridine rings is 1. The Morgan fingerprint density at radius 1 is 1.15 bits per heavy atom. The first kappa shape index (κ1) is 17.3. The number of urea groups is 1. The molecule has 0 bridgehead atoms. The summed E-state index contributed by atoms with van der Waals surface area (Å²) in [5.74, 6) is -0.241. The number of carbonyl (C=O) groups is 2. The van der Waals surface area contributed by atoms with Gasteiger partial charge < -0.3 is 16.0 Å². The van der Waals surface area contributed by atoms with E-state index in [-0.39, 0.29) is 6.54 Å². The molecule has 3 aromatic rings. The van der Waals surface area contributed by atoms with Gasteiger partial charge in [0.15, 0.2) is 11.5 Å². The van der Waals surface area contributed by atoms with Crippen LogP contribution < -0.4 is 16.0 Å². The molecule has 0 aliphatic heterocycles. The number of anilines is 1. The van der Waals surface area contributed by atoms with Gasteiger partial charge in [-0.1, -0.05) is 6.07 Å². The van der Waals surface area contributed by atoms with Gasteiger partial charge in [0.25, 0.3) is 0 Å². The molecule has 0 radical (unpaired) electrons. The van der Waals surface area contributed by atoms with E-state index in [2.05, 4.69) is 26.1 Å². The molecular weight excluding hydrogens is 339 g/mol. The number of aromatic nitrogens is 3. The predicted octanol–water partition coefficient (Wildman–Crippen LogP) is 1.87. The Morgan fingerprint density at radius 2 is 1.92 bits per heavy atom. The van der Waals surface area contributed by atoms with Gasteiger partial charge in [0, 0.05) is 11.9 Å². The molecule has 0 aliphatic carbocycles. The average molecular weight is 356 g/mol. The van der Waals surface area contributed by atoms with Gasteiger partial charge in [0.1, 0.15) is 5.82 Å². The van der Waals surface area contributed by atoms with E-state index >= 15 is 0 Å². The molecule has 0 saturated heterocycles. The molecule has 9 heteroatoms. The molecule has 1 unspecified atom stereocenters. The first-order chi connectivity index (χ1) is 12.5. The summed E-state index contributed by atoms with van der Waals surface area (Å²) in [4.78, 5) is 23.8. The van der Waals surface area contributed by atoms with E-state index in [9.17, 15) is 14.0 Å². The van der Waals surface area contributed by atoms with Gasteiger partial charge in [-0.25, -0.2) is 9.18 Å². The topological polar surface area (TPSA) is 100 Å². The zero-order valence-corrected chi connectivity index (χ0v) is 13.9. The second kappa shape index (κ2) is 7.60. The normalized spacial score (nSPS) is 11.8. The molecule has 3 rings (SSSR count). The molecule has 8 nitrogen and oxygen atoms in total. The summed E-state index contributed by atoms with van der Waals surface area (Å²) >= 11 is 0. The fourth-order valence-electron chi connectivity index (χ4n) is 2.37. The molecule has 0 aliphatic rings. The Kier molecular flexibility index (Phi) is 5.07. The number of fused-ring (bicyclic) bond motifs is 1. The fraction of sp³-hybridized carbons (Fsp3) is 0.176. The number of nitrogens with zero attached hydrogens (tertiary/aromatic N) is 3. The minimum atomic E-state index is -0.514. The third-order valence-corrected chi connectivity index (χ3v) is 3.61. The van der Waals surface area contributed by atoms with Crippen LogP contribution in [0.3, 0.4) is 0 Å². The Hall–Kier alpha value is -3.49. The Balaban J connectivity index is 1.50. The first-order valence-corrected chi connectivity index (χ1v) is 7.92. The molecule has 2 aromatic heterocycles. The lowest BCUT2D eigenvalue weighted by Gasteiger charge is -2.13. The van der Waals surface area contributed by atoms with Crippen LogP contribution in [0.15, 0.2) is 48.7 Å². The molecule has 0 spiro atoms. The molecule has 0 saturated carbocycles. The quantitative estimate of drug-likeness (QED) is 0.650. The summed E-state index contributed by atoms with van der Waals surface area (Å²) in [6, 6.07) is 9.92. The van der Waals surface area contributed by atoms with E-state index in [0.29, 0.717) is 17.2 Å². The largest absolute Gasteiger partial charge is 0.329 e. The zero-order chi connectivity index (χ0) is 18.5. The third kappa shape index (κ3) is 4.12. The Morgan fingerprint density at radius 3 is 2.69 bits per heavy atom. The van der Waals surface area contributed by atoms with E-state index < -0.39 is 23.8 Å². The lowest BCUT2D eigenvalue weighted by atomic mass is 10.3. The van der Waals surface area contributed by atoms with Gasteiger partial charge in [0.05, 0.1) is 12.6 Å². The number of halogens is 1. The SMILES string of the molecule is CC(NC(=O)NCC(=O)Nc1ccc(F)cc1)c1nnc2ccccn12. The summed E-state index contributed by atoms with van der Waals surface area (Å²) < 4.78 is 14.6. The summed E-state index contributed by atoms with van der Waals surface area (Å²) in [6.07, 6.45) is 1.80. The minimum absolute atomic E-state index is 0.226. The number of rotatable bonds is 5. The van der Waals surface area contributed by atoms with Crippen molar-refractivity contribution in [3.05, 3.63) is 60.3 Å². The summed E-state index contributed by atoms with van der Waals surface area (Å²) in [5, 5.41) is 15.8. The van der Waals surface area contributed by atoms with Crippen LogP contribution in [0.5, 0.6) is 0 Å². The van der Waals surface area contributed by atoms with Crippen molar-refractivity contribution >= 4 is 23.3 Å². The van der Waals surface area contributed by atoms with Crippen molar-refractivity contribution in [3.8, 4) is 0 Å². The lowest BCUT2D eigenvalue weighted by molar-refractivity contribution is -0.115. The van der Waals surface area contributed by atoms with Gasteiger partial charge in [0.2, 0.25) is 5.91 Å². The van der Waals surface area contributed by atoms with Gasteiger partial charge in [-0.15, -0.1) is 10.2 Å². The maximum atomic E-state index is 12.8. The van der Waals surface area contributed by atoms with Crippen molar-refractivity contribution in [2.75, 3.05) is 11.9 Å². The standard InChI is InChI=1S/C17H17FN6O2/c1-11(16-23-22-14-4-2-3-9-24(14)16)20-17(26)19-10-15(25)21-13-7-5-12(18)6-8-13/h2-9,11H,10H2,1H3,(H,21,25)(H2,19,20,26). The van der Waals surface area contributed by atoms with Crippen LogP contribution >= 0.6 is 0 Å². The molecule has 3 amide bonds. The molecule has 2 heterocycles. The zero-order valence-electron chi connectivity index (χ0n) is 13.9. The van der Waals surface area contributed by atoms with Crippen LogP contribution in [0.25, 0.3) is 5.65 Å². The summed E-state index contributed by atoms with van der Waals surface area (Å²) in [5.41, 5.74) is 1.12. The van der Waals surface area contributed by atoms with Gasteiger partial charge in [-0.3, -0.25) is 9.20 Å². The van der Waals surface area contributed by atoms with Crippen molar-refractivity contribution in [2.24, 2.45) is 0 Å². The van der Waals surface area contributed by atoms with E-state index in [1.807, 2.05) is 18.2 Å². The predicted molar refractivity (Wildman–Crippen MR) is 93.0 cm³/mol. The van der Waals surface area contributed by atoms with Crippen molar-refractivity contribution in [3.63, 3.8) is 0 Å². The number of nitrogens with one attached hydrogen (secondary N) is 3. The van der Waals surface area contributed by atoms with Crippen molar-refractivity contribution in [1.29, 1.82) is 0 Å². The van der Waals surface area contributed by atoms with Crippen LogP contribution in [0.2, 0.25) is 0 Å². The fourth-order valence-corrected chi connectivity index (χ4v) is 2.37. The smallest absolute Gasteiger partial charge is 0.315 e. The highest BCUT2D eigenvalue weighted by Gasteiger charge is 2.16. The van der Waals surface area contributed by atoms with Crippen LogP contribution in [0.4, 0.5) is 14.9 Å². The summed E-state index contributed by atoms with van der Waals surface area (Å²) in [7, 11) is 0. The minimum Gasteiger partial charge on any atom is -0.329 e. The Labute approximate surface area is 148 Å². The van der Waals surface area contributed by atoms with Crippen LogP contribution in [-0.2, 0) is 4.79 Å². The molecular formula is C17H17FN6O2. The molecule has 1 atom stereocenters. The lowest BCUT2D eigenvalue weighted by Crippen LogP contribution is -2.41. The molecule has 1 aromatic carbocycles. The number of benzene rings is 1. The number of amides is 3. The number of hydrogen-bond donors (Lipinski definition) is 3. The van der Waals surface area contributed by atoms with Crippen LogP contribution in [0, 0.1) is 5.82 Å². The molecule has 0 fully saturated rings. The summed E-state index contributed by atoms with van der Waals surface area (Å²) in [6.45, 7) is 1.54. The molecule has 134 valence electrons. The highest BCUT2D eigenvalue weighted by Crippen LogP contribution is 2.11.